The molecule has 0 nitrogen and oxygen atoms in total. The third-order valence-corrected chi connectivity index (χ3v) is 5.49. The number of thioether (sulfide) groups is 1. The molecule has 3 aromatic rings. The van der Waals surface area contributed by atoms with Gasteiger partial charge in [-0.25, -0.2) is 0 Å². The van der Waals surface area contributed by atoms with Crippen LogP contribution in [-0.2, 0) is 0 Å². The van der Waals surface area contributed by atoms with Gasteiger partial charge >= 0.3 is 0 Å². The number of hydrogen-bond donors (Lipinski definition) is 0. The average molecular weight is 367 g/mol. The molecular weight excluding hydrogens is 352 g/mol. The van der Waals surface area contributed by atoms with Gasteiger partial charge in [-0.05, 0) is 39.2 Å². The molecule has 0 spiro atoms. The lowest BCUT2D eigenvalue weighted by atomic mass is 10.1. The summed E-state index contributed by atoms with van der Waals surface area (Å²) in [5, 5.41) is 0. The van der Waals surface area contributed by atoms with Crippen LogP contribution in [0.1, 0.15) is 11.1 Å². The molecule has 0 saturated carbocycles. The molecule has 2 heteroatoms. The molecule has 0 unspecified atom stereocenters. The SMILES string of the molecule is Br/C(=C(\Sc1ccccc1)c1ccccc1)c1ccccc1. The largest absolute Gasteiger partial charge is 0.0883 e. The van der Waals surface area contributed by atoms with Gasteiger partial charge in [0.15, 0.2) is 0 Å². The van der Waals surface area contributed by atoms with Gasteiger partial charge in [0.25, 0.3) is 0 Å². The Kier molecular flexibility index (Phi) is 5.15. The van der Waals surface area contributed by atoms with E-state index in [-0.39, 0.29) is 0 Å². The van der Waals surface area contributed by atoms with Crippen LogP contribution in [0.15, 0.2) is 95.9 Å². The highest BCUT2D eigenvalue weighted by Crippen LogP contribution is 2.42. The second kappa shape index (κ2) is 7.48. The molecular formula is C20H15BrS. The molecule has 0 saturated heterocycles. The van der Waals surface area contributed by atoms with Gasteiger partial charge < -0.3 is 0 Å². The van der Waals surface area contributed by atoms with E-state index in [9.17, 15) is 0 Å². The van der Waals surface area contributed by atoms with Crippen molar-refractivity contribution in [2.24, 2.45) is 0 Å². The van der Waals surface area contributed by atoms with E-state index in [0.717, 1.165) is 4.48 Å². The summed E-state index contributed by atoms with van der Waals surface area (Å²) >= 11 is 5.58. The van der Waals surface area contributed by atoms with E-state index in [1.807, 2.05) is 18.2 Å². The summed E-state index contributed by atoms with van der Waals surface area (Å²) in [6, 6.07) is 31.4. The van der Waals surface area contributed by atoms with Crippen molar-refractivity contribution in [2.45, 2.75) is 4.90 Å². The first-order valence-electron chi connectivity index (χ1n) is 7.08. The van der Waals surface area contributed by atoms with Crippen molar-refractivity contribution < 1.29 is 0 Å². The van der Waals surface area contributed by atoms with Crippen molar-refractivity contribution in [3.8, 4) is 0 Å². The van der Waals surface area contributed by atoms with Crippen molar-refractivity contribution in [1.29, 1.82) is 0 Å². The van der Waals surface area contributed by atoms with Gasteiger partial charge in [-0.3, -0.25) is 0 Å². The topological polar surface area (TPSA) is 0 Å². The molecule has 3 aromatic carbocycles. The van der Waals surface area contributed by atoms with Gasteiger partial charge in [0.1, 0.15) is 0 Å². The summed E-state index contributed by atoms with van der Waals surface area (Å²) in [6.07, 6.45) is 0. The first kappa shape index (κ1) is 15.1. The summed E-state index contributed by atoms with van der Waals surface area (Å²) in [5.74, 6) is 0. The second-order valence-electron chi connectivity index (χ2n) is 4.79. The van der Waals surface area contributed by atoms with E-state index in [2.05, 4.69) is 88.7 Å². The Bertz CT molecular complexity index is 749. The van der Waals surface area contributed by atoms with Crippen LogP contribution in [0.5, 0.6) is 0 Å². The van der Waals surface area contributed by atoms with Crippen LogP contribution in [0.2, 0.25) is 0 Å². The molecule has 0 aliphatic heterocycles. The molecule has 0 heterocycles. The van der Waals surface area contributed by atoms with Gasteiger partial charge in [-0.2, -0.15) is 0 Å². The van der Waals surface area contributed by atoms with Crippen molar-refractivity contribution in [1.82, 2.24) is 0 Å². The predicted octanol–water partition coefficient (Wildman–Crippen LogP) is 6.70. The lowest BCUT2D eigenvalue weighted by Crippen LogP contribution is -1.85. The van der Waals surface area contributed by atoms with Gasteiger partial charge in [0, 0.05) is 14.3 Å². The Labute approximate surface area is 144 Å². The van der Waals surface area contributed by atoms with Crippen molar-refractivity contribution in [3.63, 3.8) is 0 Å². The van der Waals surface area contributed by atoms with Crippen LogP contribution in [0.4, 0.5) is 0 Å². The zero-order valence-corrected chi connectivity index (χ0v) is 14.3. The average Bonchev–Trinajstić information content (AvgIpc) is 2.61. The molecule has 0 atom stereocenters. The molecule has 0 aromatic heterocycles. The first-order chi connectivity index (χ1) is 10.8. The lowest BCUT2D eigenvalue weighted by Gasteiger charge is -2.12. The Morgan fingerprint density at radius 3 is 1.59 bits per heavy atom. The maximum Gasteiger partial charge on any atom is 0.0393 e. The molecule has 3 rings (SSSR count). The lowest BCUT2D eigenvalue weighted by molar-refractivity contribution is 1.47. The summed E-state index contributed by atoms with van der Waals surface area (Å²) in [5.41, 5.74) is 2.40. The van der Waals surface area contributed by atoms with E-state index in [4.69, 9.17) is 0 Å². The van der Waals surface area contributed by atoms with E-state index >= 15 is 0 Å². The molecule has 0 amide bonds. The van der Waals surface area contributed by atoms with E-state index in [1.54, 1.807) is 11.8 Å². The molecule has 108 valence electrons. The number of rotatable bonds is 4. The molecule has 0 aliphatic rings. The van der Waals surface area contributed by atoms with Gasteiger partial charge in [0.05, 0.1) is 0 Å². The van der Waals surface area contributed by atoms with Crippen molar-refractivity contribution in [2.75, 3.05) is 0 Å². The summed E-state index contributed by atoms with van der Waals surface area (Å²) in [4.78, 5) is 2.45. The van der Waals surface area contributed by atoms with Crippen LogP contribution in [0, 0.1) is 0 Å². The van der Waals surface area contributed by atoms with Gasteiger partial charge in [-0.1, -0.05) is 90.6 Å². The third kappa shape index (κ3) is 3.70. The molecule has 0 radical (unpaired) electrons. The van der Waals surface area contributed by atoms with Gasteiger partial charge in [-0.15, -0.1) is 0 Å². The van der Waals surface area contributed by atoms with Crippen molar-refractivity contribution >= 4 is 37.1 Å². The molecule has 0 bridgehead atoms. The fraction of sp³-hybridized carbons (Fsp3) is 0. The summed E-state index contributed by atoms with van der Waals surface area (Å²) in [7, 11) is 0. The third-order valence-electron chi connectivity index (χ3n) is 3.23. The van der Waals surface area contributed by atoms with Crippen LogP contribution in [0.3, 0.4) is 0 Å². The maximum atomic E-state index is 3.81. The Hall–Kier alpha value is -1.77. The Balaban J connectivity index is 2.07. The fourth-order valence-electron chi connectivity index (χ4n) is 2.14. The number of hydrogen-bond acceptors (Lipinski definition) is 1. The quantitative estimate of drug-likeness (QED) is 0.365. The first-order valence-corrected chi connectivity index (χ1v) is 8.69. The second-order valence-corrected chi connectivity index (χ2v) is 6.67. The number of halogens is 1. The minimum absolute atomic E-state index is 1.12. The highest BCUT2D eigenvalue weighted by atomic mass is 79.9. The smallest absolute Gasteiger partial charge is 0.0393 e. The van der Waals surface area contributed by atoms with Gasteiger partial charge in [0.2, 0.25) is 0 Å². The van der Waals surface area contributed by atoms with Crippen LogP contribution >= 0.6 is 27.7 Å². The monoisotopic (exact) mass is 366 g/mol. The molecule has 0 fully saturated rings. The highest BCUT2D eigenvalue weighted by molar-refractivity contribution is 9.15. The maximum absolute atomic E-state index is 3.81. The Morgan fingerprint density at radius 1 is 0.591 bits per heavy atom. The highest BCUT2D eigenvalue weighted by Gasteiger charge is 2.11. The zero-order chi connectivity index (χ0) is 15.2. The molecule has 0 N–H and O–H groups in total. The fourth-order valence-corrected chi connectivity index (χ4v) is 3.87. The van der Waals surface area contributed by atoms with Crippen molar-refractivity contribution in [3.05, 3.63) is 102 Å². The normalized spacial score (nSPS) is 11.9. The van der Waals surface area contributed by atoms with E-state index in [0.29, 0.717) is 0 Å². The van der Waals surface area contributed by atoms with E-state index < -0.39 is 0 Å². The molecule has 22 heavy (non-hydrogen) atoms. The zero-order valence-electron chi connectivity index (χ0n) is 11.9. The Morgan fingerprint density at radius 2 is 1.05 bits per heavy atom. The minimum atomic E-state index is 1.12. The van der Waals surface area contributed by atoms with Crippen LogP contribution in [-0.4, -0.2) is 0 Å². The minimum Gasteiger partial charge on any atom is -0.0883 e. The number of benzene rings is 3. The summed E-state index contributed by atoms with van der Waals surface area (Å²) < 4.78 is 1.12. The predicted molar refractivity (Wildman–Crippen MR) is 101 cm³/mol. The standard InChI is InChI=1S/C20H15BrS/c21-19(16-10-4-1-5-11-16)20(17-12-6-2-7-13-17)22-18-14-8-3-9-15-18/h1-15H/b20-19-. The summed E-state index contributed by atoms with van der Waals surface area (Å²) in [6.45, 7) is 0. The van der Waals surface area contributed by atoms with E-state index in [1.165, 1.54) is 20.9 Å². The van der Waals surface area contributed by atoms with Crippen LogP contribution < -0.4 is 0 Å². The van der Waals surface area contributed by atoms with Crippen LogP contribution in [0.25, 0.3) is 9.39 Å². The molecule has 0 aliphatic carbocycles.